The van der Waals surface area contributed by atoms with Crippen molar-refractivity contribution in [2.45, 2.75) is 71.1 Å². The molecule has 0 amide bonds. The lowest BCUT2D eigenvalue weighted by Gasteiger charge is -2.30. The highest BCUT2D eigenvalue weighted by Crippen LogP contribution is 2.33. The van der Waals surface area contributed by atoms with Gasteiger partial charge in [0.05, 0.1) is 12.7 Å². The molecule has 0 saturated heterocycles. The minimum atomic E-state index is -0.539. The summed E-state index contributed by atoms with van der Waals surface area (Å²) in [7, 11) is 0. The van der Waals surface area contributed by atoms with Gasteiger partial charge in [-0.25, -0.2) is 0 Å². The molecule has 1 saturated carbocycles. The van der Waals surface area contributed by atoms with Gasteiger partial charge in [0.2, 0.25) is 0 Å². The first-order valence-corrected chi connectivity index (χ1v) is 7.10. The Bertz CT molecular complexity index is 268. The summed E-state index contributed by atoms with van der Waals surface area (Å²) in [5.74, 6) is -0.124. The Hall–Kier alpha value is -0.610. The maximum Gasteiger partial charge on any atom is 0.326 e. The van der Waals surface area contributed by atoms with Gasteiger partial charge in [0.15, 0.2) is 0 Å². The minimum Gasteiger partial charge on any atom is -0.465 e. The number of carbonyl (C=O) groups is 1. The lowest BCUT2D eigenvalue weighted by molar-refractivity contribution is -0.151. The molecule has 4 nitrogen and oxygen atoms in total. The summed E-state index contributed by atoms with van der Waals surface area (Å²) in [6, 6.07) is 0.263. The second kappa shape index (κ2) is 7.10. The smallest absolute Gasteiger partial charge is 0.326 e. The SMILES string of the molecule is CCCOC1CCC(NC(C)C)(C(=O)OCC)C1. The Morgan fingerprint density at radius 1 is 1.44 bits per heavy atom. The molecule has 4 heteroatoms. The van der Waals surface area contributed by atoms with Crippen molar-refractivity contribution in [1.29, 1.82) is 0 Å². The second-order valence-corrected chi connectivity index (χ2v) is 5.34. The zero-order valence-corrected chi connectivity index (χ0v) is 12.1. The summed E-state index contributed by atoms with van der Waals surface area (Å²) in [6.45, 7) is 9.26. The van der Waals surface area contributed by atoms with Gasteiger partial charge in [0.1, 0.15) is 5.54 Å². The first-order chi connectivity index (χ1) is 8.54. The van der Waals surface area contributed by atoms with Crippen LogP contribution in [0.5, 0.6) is 0 Å². The third kappa shape index (κ3) is 3.95. The van der Waals surface area contributed by atoms with Crippen molar-refractivity contribution in [2.24, 2.45) is 0 Å². The summed E-state index contributed by atoms with van der Waals surface area (Å²) in [6.07, 6.45) is 3.65. The molecule has 0 aromatic carbocycles. The third-order valence-electron chi connectivity index (χ3n) is 3.26. The molecule has 1 fully saturated rings. The van der Waals surface area contributed by atoms with Crippen LogP contribution in [0.4, 0.5) is 0 Å². The number of nitrogens with one attached hydrogen (secondary N) is 1. The van der Waals surface area contributed by atoms with Crippen LogP contribution < -0.4 is 5.32 Å². The largest absolute Gasteiger partial charge is 0.465 e. The molecule has 0 radical (unpaired) electrons. The first-order valence-electron chi connectivity index (χ1n) is 7.10. The predicted octanol–water partition coefficient (Wildman–Crippen LogP) is 2.27. The monoisotopic (exact) mass is 257 g/mol. The van der Waals surface area contributed by atoms with E-state index >= 15 is 0 Å². The van der Waals surface area contributed by atoms with E-state index < -0.39 is 5.54 Å². The maximum atomic E-state index is 12.2. The molecule has 0 bridgehead atoms. The molecular formula is C14H27NO3. The molecule has 0 aliphatic heterocycles. The van der Waals surface area contributed by atoms with Crippen molar-refractivity contribution < 1.29 is 14.3 Å². The zero-order chi connectivity index (χ0) is 13.6. The molecule has 1 aliphatic carbocycles. The highest BCUT2D eigenvalue weighted by atomic mass is 16.5. The van der Waals surface area contributed by atoms with E-state index in [1.165, 1.54) is 0 Å². The van der Waals surface area contributed by atoms with Crippen molar-refractivity contribution in [3.8, 4) is 0 Å². The Morgan fingerprint density at radius 2 is 2.17 bits per heavy atom. The molecule has 0 aromatic heterocycles. The van der Waals surface area contributed by atoms with Crippen LogP contribution in [-0.4, -0.2) is 36.9 Å². The molecule has 18 heavy (non-hydrogen) atoms. The number of ether oxygens (including phenoxy) is 2. The molecule has 0 spiro atoms. The molecule has 1 rings (SSSR count). The molecule has 2 unspecified atom stereocenters. The van der Waals surface area contributed by atoms with Crippen LogP contribution in [-0.2, 0) is 14.3 Å². The summed E-state index contributed by atoms with van der Waals surface area (Å²) in [5, 5.41) is 3.39. The average Bonchev–Trinajstić information content (AvgIpc) is 2.70. The van der Waals surface area contributed by atoms with E-state index in [2.05, 4.69) is 26.1 Å². The Balaban J connectivity index is 2.66. The van der Waals surface area contributed by atoms with E-state index in [1.807, 2.05) is 6.92 Å². The van der Waals surface area contributed by atoms with Gasteiger partial charge in [0.25, 0.3) is 0 Å². The van der Waals surface area contributed by atoms with Crippen molar-refractivity contribution >= 4 is 5.97 Å². The molecular weight excluding hydrogens is 230 g/mol. The summed E-state index contributed by atoms with van der Waals surface area (Å²) in [4.78, 5) is 12.2. The van der Waals surface area contributed by atoms with Crippen molar-refractivity contribution in [3.05, 3.63) is 0 Å². The van der Waals surface area contributed by atoms with E-state index in [9.17, 15) is 4.79 Å². The molecule has 2 atom stereocenters. The standard InChI is InChI=1S/C14H27NO3/c1-5-9-18-12-7-8-14(10-12,15-11(3)4)13(16)17-6-2/h11-12,15H,5-10H2,1-4H3. The van der Waals surface area contributed by atoms with Crippen LogP contribution in [0.2, 0.25) is 0 Å². The molecule has 1 N–H and O–H groups in total. The molecule has 0 aromatic rings. The average molecular weight is 257 g/mol. The van der Waals surface area contributed by atoms with Gasteiger partial charge in [-0.3, -0.25) is 10.1 Å². The zero-order valence-electron chi connectivity index (χ0n) is 12.1. The van der Waals surface area contributed by atoms with Crippen LogP contribution in [0, 0.1) is 0 Å². The lowest BCUT2D eigenvalue weighted by atomic mass is 9.96. The van der Waals surface area contributed by atoms with Crippen LogP contribution in [0.25, 0.3) is 0 Å². The Labute approximate surface area is 110 Å². The predicted molar refractivity (Wildman–Crippen MR) is 71.5 cm³/mol. The van der Waals surface area contributed by atoms with Gasteiger partial charge in [-0.15, -0.1) is 0 Å². The quantitative estimate of drug-likeness (QED) is 0.711. The number of rotatable bonds is 7. The Kier molecular flexibility index (Phi) is 6.09. The molecule has 0 heterocycles. The number of esters is 1. The van der Waals surface area contributed by atoms with Crippen molar-refractivity contribution in [1.82, 2.24) is 5.32 Å². The van der Waals surface area contributed by atoms with Crippen molar-refractivity contribution in [2.75, 3.05) is 13.2 Å². The molecule has 1 aliphatic rings. The highest BCUT2D eigenvalue weighted by molar-refractivity contribution is 5.81. The normalized spacial score (nSPS) is 27.7. The van der Waals surface area contributed by atoms with Crippen molar-refractivity contribution in [3.63, 3.8) is 0 Å². The summed E-state index contributed by atoms with van der Waals surface area (Å²) < 4.78 is 11.0. The van der Waals surface area contributed by atoms with E-state index in [1.54, 1.807) is 0 Å². The number of carbonyl (C=O) groups excluding carboxylic acids is 1. The topological polar surface area (TPSA) is 47.6 Å². The van der Waals surface area contributed by atoms with Gasteiger partial charge >= 0.3 is 5.97 Å². The van der Waals surface area contributed by atoms with Gasteiger partial charge < -0.3 is 9.47 Å². The van der Waals surface area contributed by atoms with E-state index in [0.717, 1.165) is 32.3 Å². The fourth-order valence-electron chi connectivity index (χ4n) is 2.62. The fraction of sp³-hybridized carbons (Fsp3) is 0.929. The van der Waals surface area contributed by atoms with E-state index in [4.69, 9.17) is 9.47 Å². The van der Waals surface area contributed by atoms with E-state index in [0.29, 0.717) is 6.61 Å². The summed E-state index contributed by atoms with van der Waals surface area (Å²) in [5.41, 5.74) is -0.539. The van der Waals surface area contributed by atoms with Gasteiger partial charge in [0, 0.05) is 19.1 Å². The summed E-state index contributed by atoms with van der Waals surface area (Å²) >= 11 is 0. The van der Waals surface area contributed by atoms with Crippen LogP contribution in [0.15, 0.2) is 0 Å². The van der Waals surface area contributed by atoms with Gasteiger partial charge in [-0.2, -0.15) is 0 Å². The third-order valence-corrected chi connectivity index (χ3v) is 3.26. The van der Waals surface area contributed by atoms with Gasteiger partial charge in [-0.1, -0.05) is 6.92 Å². The highest BCUT2D eigenvalue weighted by Gasteiger charge is 2.47. The van der Waals surface area contributed by atoms with E-state index in [-0.39, 0.29) is 18.1 Å². The molecule has 106 valence electrons. The lowest BCUT2D eigenvalue weighted by Crippen LogP contribution is -2.54. The minimum absolute atomic E-state index is 0.124. The first kappa shape index (κ1) is 15.4. The van der Waals surface area contributed by atoms with Gasteiger partial charge in [-0.05, 0) is 40.0 Å². The number of hydrogen-bond acceptors (Lipinski definition) is 4. The Morgan fingerprint density at radius 3 is 2.72 bits per heavy atom. The number of hydrogen-bond donors (Lipinski definition) is 1. The van der Waals surface area contributed by atoms with Crippen LogP contribution in [0.1, 0.15) is 53.4 Å². The van der Waals surface area contributed by atoms with Crippen LogP contribution >= 0.6 is 0 Å². The second-order valence-electron chi connectivity index (χ2n) is 5.34. The maximum absolute atomic E-state index is 12.2. The fourth-order valence-corrected chi connectivity index (χ4v) is 2.62. The van der Waals surface area contributed by atoms with Crippen LogP contribution in [0.3, 0.4) is 0 Å².